The fourth-order valence-corrected chi connectivity index (χ4v) is 1.09. The average molecular weight is 183 g/mol. The molecule has 1 nitrogen and oxygen atoms in total. The van der Waals surface area contributed by atoms with E-state index in [0.717, 1.165) is 25.4 Å². The number of hydrogen-bond donors (Lipinski definition) is 1. The minimum absolute atomic E-state index is 0.271. The Hall–Kier alpha value is -0.300. The maximum absolute atomic E-state index is 3.88. The molecule has 1 heteroatoms. The van der Waals surface area contributed by atoms with Crippen molar-refractivity contribution in [3.8, 4) is 0 Å². The minimum atomic E-state index is 0.271. The van der Waals surface area contributed by atoms with E-state index in [1.165, 1.54) is 6.42 Å². The SMILES string of the molecule is C=CC(C)(CC)CNCC(C)CC. The van der Waals surface area contributed by atoms with Gasteiger partial charge >= 0.3 is 0 Å². The van der Waals surface area contributed by atoms with Crippen molar-refractivity contribution in [1.82, 2.24) is 5.32 Å². The highest BCUT2D eigenvalue weighted by Crippen LogP contribution is 2.20. The van der Waals surface area contributed by atoms with Crippen molar-refractivity contribution in [2.75, 3.05) is 13.1 Å². The monoisotopic (exact) mass is 183 g/mol. The Morgan fingerprint density at radius 2 is 2.08 bits per heavy atom. The van der Waals surface area contributed by atoms with Gasteiger partial charge in [-0.25, -0.2) is 0 Å². The number of nitrogens with one attached hydrogen (secondary N) is 1. The molecule has 0 aliphatic carbocycles. The molecule has 0 aromatic heterocycles. The van der Waals surface area contributed by atoms with Gasteiger partial charge in [0, 0.05) is 6.54 Å². The highest BCUT2D eigenvalue weighted by molar-refractivity contribution is 4.91. The predicted molar refractivity (Wildman–Crippen MR) is 60.9 cm³/mol. The summed E-state index contributed by atoms with van der Waals surface area (Å²) in [6.45, 7) is 15.0. The first-order chi connectivity index (χ1) is 6.08. The summed E-state index contributed by atoms with van der Waals surface area (Å²) in [5, 5.41) is 3.51. The second-order valence-electron chi connectivity index (χ2n) is 4.36. The molecular formula is C12H25N. The maximum atomic E-state index is 3.88. The molecule has 0 saturated carbocycles. The Balaban J connectivity index is 3.67. The quantitative estimate of drug-likeness (QED) is 0.598. The number of hydrogen-bond acceptors (Lipinski definition) is 1. The second kappa shape index (κ2) is 6.20. The molecule has 0 radical (unpaired) electrons. The smallest absolute Gasteiger partial charge is 0.00398 e. The molecule has 1 N–H and O–H groups in total. The third-order valence-electron chi connectivity index (χ3n) is 3.02. The molecule has 0 aliphatic rings. The van der Waals surface area contributed by atoms with Gasteiger partial charge in [-0.3, -0.25) is 0 Å². The first-order valence-corrected chi connectivity index (χ1v) is 5.42. The van der Waals surface area contributed by atoms with E-state index in [2.05, 4.69) is 45.7 Å². The van der Waals surface area contributed by atoms with E-state index < -0.39 is 0 Å². The van der Waals surface area contributed by atoms with Crippen LogP contribution in [0.1, 0.15) is 40.5 Å². The average Bonchev–Trinajstić information content (AvgIpc) is 2.17. The molecule has 0 aromatic carbocycles. The zero-order chi connectivity index (χ0) is 10.3. The molecule has 0 bridgehead atoms. The van der Waals surface area contributed by atoms with E-state index in [9.17, 15) is 0 Å². The molecule has 0 heterocycles. The number of rotatable bonds is 7. The Labute approximate surface area is 83.6 Å². The first kappa shape index (κ1) is 12.7. The van der Waals surface area contributed by atoms with Gasteiger partial charge in [0.15, 0.2) is 0 Å². The fourth-order valence-electron chi connectivity index (χ4n) is 1.09. The first-order valence-electron chi connectivity index (χ1n) is 5.42. The third-order valence-corrected chi connectivity index (χ3v) is 3.02. The van der Waals surface area contributed by atoms with Crippen LogP contribution >= 0.6 is 0 Å². The second-order valence-corrected chi connectivity index (χ2v) is 4.36. The van der Waals surface area contributed by atoms with Gasteiger partial charge in [0.2, 0.25) is 0 Å². The van der Waals surface area contributed by atoms with Crippen LogP contribution in [0.5, 0.6) is 0 Å². The molecule has 0 aliphatic heterocycles. The molecule has 78 valence electrons. The van der Waals surface area contributed by atoms with Gasteiger partial charge in [0.05, 0.1) is 0 Å². The molecule has 0 saturated heterocycles. The molecule has 0 amide bonds. The lowest BCUT2D eigenvalue weighted by Gasteiger charge is -2.25. The van der Waals surface area contributed by atoms with E-state index in [-0.39, 0.29) is 5.41 Å². The van der Waals surface area contributed by atoms with Crippen LogP contribution < -0.4 is 5.32 Å². The highest BCUT2D eigenvalue weighted by Gasteiger charge is 2.16. The molecular weight excluding hydrogens is 158 g/mol. The van der Waals surface area contributed by atoms with E-state index >= 15 is 0 Å². The van der Waals surface area contributed by atoms with Crippen LogP contribution in [0.15, 0.2) is 12.7 Å². The van der Waals surface area contributed by atoms with Gasteiger partial charge in [-0.1, -0.05) is 40.2 Å². The van der Waals surface area contributed by atoms with Crippen LogP contribution in [0.4, 0.5) is 0 Å². The van der Waals surface area contributed by atoms with Crippen molar-refractivity contribution in [3.63, 3.8) is 0 Å². The van der Waals surface area contributed by atoms with E-state index in [1.807, 2.05) is 0 Å². The summed E-state index contributed by atoms with van der Waals surface area (Å²) in [6.07, 6.45) is 4.48. The van der Waals surface area contributed by atoms with Gasteiger partial charge in [-0.05, 0) is 24.3 Å². The Morgan fingerprint density at radius 1 is 1.46 bits per heavy atom. The van der Waals surface area contributed by atoms with Gasteiger partial charge in [-0.15, -0.1) is 6.58 Å². The summed E-state index contributed by atoms with van der Waals surface area (Å²) in [4.78, 5) is 0. The molecule has 2 unspecified atom stereocenters. The summed E-state index contributed by atoms with van der Waals surface area (Å²) in [5.41, 5.74) is 0.271. The molecule has 0 rings (SSSR count). The highest BCUT2D eigenvalue weighted by atomic mass is 14.9. The summed E-state index contributed by atoms with van der Waals surface area (Å²) in [6, 6.07) is 0. The van der Waals surface area contributed by atoms with Gasteiger partial charge < -0.3 is 5.32 Å². The van der Waals surface area contributed by atoms with Crippen LogP contribution in [-0.4, -0.2) is 13.1 Å². The van der Waals surface area contributed by atoms with Crippen molar-refractivity contribution in [1.29, 1.82) is 0 Å². The van der Waals surface area contributed by atoms with Crippen molar-refractivity contribution in [2.45, 2.75) is 40.5 Å². The van der Waals surface area contributed by atoms with Crippen LogP contribution in [0.2, 0.25) is 0 Å². The summed E-state index contributed by atoms with van der Waals surface area (Å²) < 4.78 is 0. The minimum Gasteiger partial charge on any atom is -0.316 e. The zero-order valence-electron chi connectivity index (χ0n) is 9.69. The molecule has 0 aromatic rings. The van der Waals surface area contributed by atoms with Crippen LogP contribution in [-0.2, 0) is 0 Å². The fraction of sp³-hybridized carbons (Fsp3) is 0.833. The molecule has 2 atom stereocenters. The van der Waals surface area contributed by atoms with E-state index in [0.29, 0.717) is 0 Å². The predicted octanol–water partition coefficient (Wildman–Crippen LogP) is 3.22. The van der Waals surface area contributed by atoms with Crippen LogP contribution in [0.25, 0.3) is 0 Å². The zero-order valence-corrected chi connectivity index (χ0v) is 9.69. The van der Waals surface area contributed by atoms with Crippen molar-refractivity contribution in [3.05, 3.63) is 12.7 Å². The normalized spacial score (nSPS) is 17.8. The third kappa shape index (κ3) is 5.09. The molecule has 13 heavy (non-hydrogen) atoms. The Kier molecular flexibility index (Phi) is 6.06. The van der Waals surface area contributed by atoms with Crippen molar-refractivity contribution < 1.29 is 0 Å². The van der Waals surface area contributed by atoms with E-state index in [4.69, 9.17) is 0 Å². The van der Waals surface area contributed by atoms with Gasteiger partial charge in [0.1, 0.15) is 0 Å². The van der Waals surface area contributed by atoms with Gasteiger partial charge in [0.25, 0.3) is 0 Å². The molecule has 0 spiro atoms. The lowest BCUT2D eigenvalue weighted by molar-refractivity contribution is 0.362. The summed E-state index contributed by atoms with van der Waals surface area (Å²) in [5.74, 6) is 0.783. The maximum Gasteiger partial charge on any atom is 0.00398 e. The van der Waals surface area contributed by atoms with Crippen LogP contribution in [0, 0.1) is 11.3 Å². The Morgan fingerprint density at radius 3 is 2.46 bits per heavy atom. The summed E-state index contributed by atoms with van der Waals surface area (Å²) >= 11 is 0. The van der Waals surface area contributed by atoms with Crippen LogP contribution in [0.3, 0.4) is 0 Å². The van der Waals surface area contributed by atoms with Gasteiger partial charge in [-0.2, -0.15) is 0 Å². The van der Waals surface area contributed by atoms with Crippen molar-refractivity contribution in [2.24, 2.45) is 11.3 Å². The Bertz CT molecular complexity index is 142. The standard InChI is InChI=1S/C12H25N/c1-6-11(4)9-13-10-12(5,7-2)8-3/h7,11,13H,2,6,8-10H2,1,3-5H3. The summed E-state index contributed by atoms with van der Waals surface area (Å²) in [7, 11) is 0. The lowest BCUT2D eigenvalue weighted by atomic mass is 9.88. The molecule has 0 fully saturated rings. The lowest BCUT2D eigenvalue weighted by Crippen LogP contribution is -2.32. The topological polar surface area (TPSA) is 12.0 Å². The van der Waals surface area contributed by atoms with Crippen molar-refractivity contribution >= 4 is 0 Å². The van der Waals surface area contributed by atoms with E-state index in [1.54, 1.807) is 0 Å². The largest absolute Gasteiger partial charge is 0.316 e.